The molecule has 0 bridgehead atoms. The van der Waals surface area contributed by atoms with Crippen LogP contribution in [0, 0.1) is 5.41 Å². The highest BCUT2D eigenvalue weighted by molar-refractivity contribution is 7.62. The molecule has 0 rings (SSSR count). The molecule has 72 valence electrons. The number of rotatable bonds is 2. The summed E-state index contributed by atoms with van der Waals surface area (Å²) in [6, 6.07) is 0. The van der Waals surface area contributed by atoms with E-state index in [2.05, 4.69) is 0 Å². The van der Waals surface area contributed by atoms with Crippen LogP contribution in [0.1, 0.15) is 27.7 Å². The molecule has 12 heavy (non-hydrogen) atoms. The molecule has 0 aliphatic rings. The predicted molar refractivity (Wildman–Crippen MR) is 57.6 cm³/mol. The summed E-state index contributed by atoms with van der Waals surface area (Å²) in [4.78, 5) is 0. The Balaban J connectivity index is 4.43. The van der Waals surface area contributed by atoms with Crippen molar-refractivity contribution >= 4 is 39.5 Å². The highest BCUT2D eigenvalue weighted by atomic mass is 35.8. The minimum atomic E-state index is -3.00. The molecule has 0 aromatic carbocycles. The lowest BCUT2D eigenvalue weighted by Crippen LogP contribution is -2.22. The molecule has 0 heterocycles. The Hall–Kier alpha value is 0.627. The molecular formula is C7H13Cl3OSi. The van der Waals surface area contributed by atoms with Crippen molar-refractivity contribution in [3.05, 3.63) is 11.8 Å². The normalized spacial score (nSPS) is 14.8. The molecule has 0 unspecified atom stereocenters. The first-order valence-electron chi connectivity index (χ1n) is 3.59. The van der Waals surface area contributed by atoms with Gasteiger partial charge in [-0.3, -0.25) is 0 Å². The third-order valence-corrected chi connectivity index (χ3v) is 2.37. The highest BCUT2D eigenvalue weighted by Gasteiger charge is 2.34. The van der Waals surface area contributed by atoms with E-state index in [-0.39, 0.29) is 5.41 Å². The smallest absolute Gasteiger partial charge is 0.511 e. The van der Waals surface area contributed by atoms with Gasteiger partial charge in [0.15, 0.2) is 0 Å². The Kier molecular flexibility index (Phi) is 4.45. The van der Waals surface area contributed by atoms with E-state index in [0.29, 0.717) is 0 Å². The lowest BCUT2D eigenvalue weighted by Gasteiger charge is -2.25. The van der Waals surface area contributed by atoms with E-state index >= 15 is 0 Å². The Morgan fingerprint density at radius 2 is 1.67 bits per heavy atom. The third-order valence-electron chi connectivity index (χ3n) is 1.23. The number of allylic oxidation sites excluding steroid dienone is 2. The van der Waals surface area contributed by atoms with Crippen molar-refractivity contribution in [3.63, 3.8) is 0 Å². The van der Waals surface area contributed by atoms with E-state index in [0.717, 1.165) is 5.76 Å². The van der Waals surface area contributed by atoms with Crippen LogP contribution in [-0.4, -0.2) is 6.25 Å². The van der Waals surface area contributed by atoms with Crippen molar-refractivity contribution in [3.8, 4) is 0 Å². The maximum Gasteiger partial charge on any atom is 0.555 e. The SMILES string of the molecule is C/C=C(\O[Si](Cl)(Cl)Cl)C(C)(C)C. The number of hydrogen-bond donors (Lipinski definition) is 0. The van der Waals surface area contributed by atoms with E-state index in [4.69, 9.17) is 37.7 Å². The van der Waals surface area contributed by atoms with Crippen LogP contribution in [-0.2, 0) is 4.43 Å². The fourth-order valence-corrected chi connectivity index (χ4v) is 2.19. The molecular weight excluding hydrogens is 235 g/mol. The molecule has 0 atom stereocenters. The molecule has 0 N–H and O–H groups in total. The third kappa shape index (κ3) is 5.30. The van der Waals surface area contributed by atoms with Gasteiger partial charge in [0.05, 0.1) is 5.76 Å². The fraction of sp³-hybridized carbons (Fsp3) is 0.714. The van der Waals surface area contributed by atoms with E-state index in [9.17, 15) is 0 Å². The van der Waals surface area contributed by atoms with Gasteiger partial charge in [-0.2, -0.15) is 0 Å². The minimum absolute atomic E-state index is 0.105. The number of hydrogen-bond acceptors (Lipinski definition) is 1. The summed E-state index contributed by atoms with van der Waals surface area (Å²) in [7, 11) is 0. The first-order chi connectivity index (χ1) is 5.17. The molecule has 0 aliphatic heterocycles. The maximum absolute atomic E-state index is 5.62. The molecule has 1 nitrogen and oxygen atoms in total. The van der Waals surface area contributed by atoms with Crippen molar-refractivity contribution in [1.82, 2.24) is 0 Å². The van der Waals surface area contributed by atoms with E-state index in [1.807, 2.05) is 33.8 Å². The zero-order valence-electron chi connectivity index (χ0n) is 7.62. The largest absolute Gasteiger partial charge is 0.555 e. The topological polar surface area (TPSA) is 9.23 Å². The first-order valence-corrected chi connectivity index (χ1v) is 8.54. The lowest BCUT2D eigenvalue weighted by atomic mass is 9.94. The van der Waals surface area contributed by atoms with Gasteiger partial charge >= 0.3 is 6.25 Å². The van der Waals surface area contributed by atoms with Crippen LogP contribution >= 0.6 is 33.2 Å². The molecule has 0 spiro atoms. The molecule has 0 aromatic rings. The molecule has 5 heteroatoms. The summed E-state index contributed by atoms with van der Waals surface area (Å²) in [6.45, 7) is 7.89. The van der Waals surface area contributed by atoms with Crippen LogP contribution in [0.4, 0.5) is 0 Å². The molecule has 0 radical (unpaired) electrons. The summed E-state index contributed by atoms with van der Waals surface area (Å²) in [5.74, 6) is 0.731. The van der Waals surface area contributed by atoms with Gasteiger partial charge in [0, 0.05) is 5.41 Å². The van der Waals surface area contributed by atoms with Crippen molar-refractivity contribution in [2.45, 2.75) is 27.7 Å². The Morgan fingerprint density at radius 3 is 1.75 bits per heavy atom. The Bertz CT molecular complexity index is 178. The van der Waals surface area contributed by atoms with Crippen LogP contribution in [0.15, 0.2) is 11.8 Å². The highest BCUT2D eigenvalue weighted by Crippen LogP contribution is 2.33. The fourth-order valence-electron chi connectivity index (χ4n) is 0.770. The summed E-state index contributed by atoms with van der Waals surface area (Å²) in [5, 5.41) is 0. The average molecular weight is 248 g/mol. The van der Waals surface area contributed by atoms with E-state index in [1.165, 1.54) is 0 Å². The summed E-state index contributed by atoms with van der Waals surface area (Å²) < 4.78 is 5.25. The van der Waals surface area contributed by atoms with Crippen molar-refractivity contribution in [1.29, 1.82) is 0 Å². The molecule has 0 saturated carbocycles. The van der Waals surface area contributed by atoms with Crippen LogP contribution in [0.3, 0.4) is 0 Å². The van der Waals surface area contributed by atoms with Gasteiger partial charge in [-0.25, -0.2) is 0 Å². The van der Waals surface area contributed by atoms with Crippen LogP contribution < -0.4 is 0 Å². The van der Waals surface area contributed by atoms with E-state index in [1.54, 1.807) is 0 Å². The molecule has 0 saturated heterocycles. The Labute approximate surface area is 88.9 Å². The van der Waals surface area contributed by atoms with Gasteiger partial charge in [0.2, 0.25) is 0 Å². The standard InChI is InChI=1S/C7H13Cl3OSi/c1-5-6(7(2,3)4)11-12(8,9)10/h5H,1-4H3/b6-5-. The maximum atomic E-state index is 5.62. The average Bonchev–Trinajstić information content (AvgIpc) is 1.78. The molecule has 0 aliphatic carbocycles. The van der Waals surface area contributed by atoms with Crippen molar-refractivity contribution < 1.29 is 4.43 Å². The van der Waals surface area contributed by atoms with Crippen LogP contribution in [0.5, 0.6) is 0 Å². The van der Waals surface area contributed by atoms with Crippen LogP contribution in [0.25, 0.3) is 0 Å². The summed E-state index contributed by atoms with van der Waals surface area (Å²) in [6.07, 6.45) is -1.17. The van der Waals surface area contributed by atoms with Gasteiger partial charge in [-0.05, 0) is 6.92 Å². The van der Waals surface area contributed by atoms with E-state index < -0.39 is 6.25 Å². The van der Waals surface area contributed by atoms with Gasteiger partial charge < -0.3 is 4.43 Å². The molecule has 0 amide bonds. The van der Waals surface area contributed by atoms with Gasteiger partial charge in [0.1, 0.15) is 0 Å². The predicted octanol–water partition coefficient (Wildman–Crippen LogP) is 4.10. The van der Waals surface area contributed by atoms with Crippen molar-refractivity contribution in [2.24, 2.45) is 5.41 Å². The van der Waals surface area contributed by atoms with Crippen LogP contribution in [0.2, 0.25) is 0 Å². The number of halogens is 3. The second-order valence-electron chi connectivity index (χ2n) is 3.45. The molecule has 0 fully saturated rings. The quantitative estimate of drug-likeness (QED) is 0.405. The Morgan fingerprint density at radius 1 is 1.25 bits per heavy atom. The van der Waals surface area contributed by atoms with Gasteiger partial charge in [0.25, 0.3) is 0 Å². The zero-order chi connectivity index (χ0) is 9.99. The summed E-state index contributed by atoms with van der Waals surface area (Å²) in [5.41, 5.74) is -0.105. The van der Waals surface area contributed by atoms with Gasteiger partial charge in [-0.1, -0.05) is 60.1 Å². The van der Waals surface area contributed by atoms with Gasteiger partial charge in [-0.15, -0.1) is 0 Å². The second-order valence-corrected chi connectivity index (χ2v) is 11.1. The van der Waals surface area contributed by atoms with Crippen molar-refractivity contribution in [2.75, 3.05) is 0 Å². The monoisotopic (exact) mass is 246 g/mol. The first kappa shape index (κ1) is 12.6. The summed E-state index contributed by atoms with van der Waals surface area (Å²) >= 11 is 16.9. The minimum Gasteiger partial charge on any atom is -0.511 e. The lowest BCUT2D eigenvalue weighted by molar-refractivity contribution is 0.303. The second kappa shape index (κ2) is 4.23. The molecule has 0 aromatic heterocycles. The zero-order valence-corrected chi connectivity index (χ0v) is 10.9.